The third kappa shape index (κ3) is 1.87. The Balaban J connectivity index is 2.22. The Morgan fingerprint density at radius 2 is 2.31 bits per heavy atom. The van der Waals surface area contributed by atoms with Crippen molar-refractivity contribution in [1.82, 2.24) is 0 Å². The number of benzene rings is 1. The number of hydrogen-bond acceptors (Lipinski definition) is 3. The van der Waals surface area contributed by atoms with Gasteiger partial charge in [0.15, 0.2) is 0 Å². The van der Waals surface area contributed by atoms with Gasteiger partial charge in [-0.2, -0.15) is 0 Å². The van der Waals surface area contributed by atoms with Crippen LogP contribution in [0.1, 0.15) is 12.0 Å². The van der Waals surface area contributed by atoms with Crippen LogP contribution in [0.3, 0.4) is 0 Å². The highest BCUT2D eigenvalue weighted by molar-refractivity contribution is 6.33. The minimum Gasteiger partial charge on any atom is -0.467 e. The summed E-state index contributed by atoms with van der Waals surface area (Å²) in [5.41, 5.74) is 2.03. The lowest BCUT2D eigenvalue weighted by atomic mass is 10.0. The van der Waals surface area contributed by atoms with Gasteiger partial charge in [-0.15, -0.1) is 0 Å². The van der Waals surface area contributed by atoms with Crippen LogP contribution in [-0.4, -0.2) is 25.7 Å². The van der Waals surface area contributed by atoms with E-state index in [-0.39, 0.29) is 12.0 Å². The zero-order chi connectivity index (χ0) is 11.7. The average Bonchev–Trinajstić information content (AvgIpc) is 2.20. The van der Waals surface area contributed by atoms with Crippen molar-refractivity contribution in [3.8, 4) is 0 Å². The van der Waals surface area contributed by atoms with Crippen molar-refractivity contribution < 1.29 is 9.53 Å². The normalized spacial score (nSPS) is 19.2. The molecule has 1 fully saturated rings. The molecule has 0 saturated carbocycles. The predicted octanol–water partition coefficient (Wildman–Crippen LogP) is 2.40. The quantitative estimate of drug-likeness (QED) is 0.743. The summed E-state index contributed by atoms with van der Waals surface area (Å²) in [6.45, 7) is 2.84. The number of esters is 1. The standard InChI is InChI=1S/C12H14ClNO2/c1-8-3-4-10(9(13)7-8)14-6-5-11(14)12(15)16-2/h3-4,7,11H,5-6H2,1-2H3. The Hall–Kier alpha value is -1.22. The molecule has 2 rings (SSSR count). The number of anilines is 1. The summed E-state index contributed by atoms with van der Waals surface area (Å²) in [6.07, 6.45) is 0.830. The minimum atomic E-state index is -0.192. The maximum atomic E-state index is 11.4. The molecule has 3 nitrogen and oxygen atoms in total. The van der Waals surface area contributed by atoms with Crippen LogP contribution in [0.4, 0.5) is 5.69 Å². The molecule has 1 saturated heterocycles. The zero-order valence-corrected chi connectivity index (χ0v) is 10.1. The number of methoxy groups -OCH3 is 1. The molecular weight excluding hydrogens is 226 g/mol. The van der Waals surface area contributed by atoms with E-state index in [0.717, 1.165) is 24.2 Å². The van der Waals surface area contributed by atoms with Crippen LogP contribution >= 0.6 is 11.6 Å². The number of aryl methyl sites for hydroxylation is 1. The molecule has 1 heterocycles. The number of ether oxygens (including phenoxy) is 1. The molecule has 16 heavy (non-hydrogen) atoms. The SMILES string of the molecule is COC(=O)C1CCN1c1ccc(C)cc1Cl. The first-order valence-electron chi connectivity index (χ1n) is 5.24. The molecule has 1 aliphatic heterocycles. The van der Waals surface area contributed by atoms with E-state index in [1.807, 2.05) is 30.0 Å². The van der Waals surface area contributed by atoms with Crippen LogP contribution in [0.2, 0.25) is 5.02 Å². The van der Waals surface area contributed by atoms with E-state index in [4.69, 9.17) is 16.3 Å². The molecule has 1 aliphatic rings. The molecule has 1 unspecified atom stereocenters. The summed E-state index contributed by atoms with van der Waals surface area (Å²) >= 11 is 6.16. The van der Waals surface area contributed by atoms with Gasteiger partial charge in [0.2, 0.25) is 0 Å². The van der Waals surface area contributed by atoms with E-state index >= 15 is 0 Å². The van der Waals surface area contributed by atoms with Crippen molar-refractivity contribution in [3.05, 3.63) is 28.8 Å². The highest BCUT2D eigenvalue weighted by Gasteiger charge is 2.35. The van der Waals surface area contributed by atoms with Crippen LogP contribution in [0.25, 0.3) is 0 Å². The van der Waals surface area contributed by atoms with Gasteiger partial charge in [-0.3, -0.25) is 0 Å². The van der Waals surface area contributed by atoms with Gasteiger partial charge in [0, 0.05) is 6.54 Å². The van der Waals surface area contributed by atoms with Gasteiger partial charge in [0.25, 0.3) is 0 Å². The number of carbonyl (C=O) groups excluding carboxylic acids is 1. The molecule has 0 N–H and O–H groups in total. The highest BCUT2D eigenvalue weighted by atomic mass is 35.5. The molecule has 0 aromatic heterocycles. The number of carbonyl (C=O) groups is 1. The second kappa shape index (κ2) is 4.34. The second-order valence-electron chi connectivity index (χ2n) is 3.98. The number of halogens is 1. The fourth-order valence-electron chi connectivity index (χ4n) is 1.90. The van der Waals surface area contributed by atoms with E-state index < -0.39 is 0 Å². The second-order valence-corrected chi connectivity index (χ2v) is 4.38. The lowest BCUT2D eigenvalue weighted by Gasteiger charge is -2.41. The Kier molecular flexibility index (Phi) is 3.06. The van der Waals surface area contributed by atoms with E-state index in [2.05, 4.69) is 0 Å². The summed E-state index contributed by atoms with van der Waals surface area (Å²) in [4.78, 5) is 13.4. The van der Waals surface area contributed by atoms with Crippen molar-refractivity contribution in [2.75, 3.05) is 18.6 Å². The largest absolute Gasteiger partial charge is 0.467 e. The Bertz CT molecular complexity index is 419. The maximum Gasteiger partial charge on any atom is 0.328 e. The topological polar surface area (TPSA) is 29.5 Å². The summed E-state index contributed by atoms with van der Waals surface area (Å²) in [5.74, 6) is -0.192. The van der Waals surface area contributed by atoms with Gasteiger partial charge in [-0.1, -0.05) is 17.7 Å². The molecular formula is C12H14ClNO2. The average molecular weight is 240 g/mol. The summed E-state index contributed by atoms with van der Waals surface area (Å²) in [6, 6.07) is 5.68. The monoisotopic (exact) mass is 239 g/mol. The molecule has 1 aromatic rings. The minimum absolute atomic E-state index is 0.176. The van der Waals surface area contributed by atoms with E-state index in [1.165, 1.54) is 7.11 Å². The molecule has 0 aliphatic carbocycles. The molecule has 86 valence electrons. The first kappa shape index (κ1) is 11.3. The number of rotatable bonds is 2. The van der Waals surface area contributed by atoms with Crippen LogP contribution < -0.4 is 4.90 Å². The van der Waals surface area contributed by atoms with Crippen molar-refractivity contribution >= 4 is 23.3 Å². The molecule has 4 heteroatoms. The Labute approximate surface area is 100.0 Å². The molecule has 1 aromatic carbocycles. The third-order valence-corrected chi connectivity index (χ3v) is 3.21. The smallest absolute Gasteiger partial charge is 0.328 e. The summed E-state index contributed by atoms with van der Waals surface area (Å²) < 4.78 is 4.75. The predicted molar refractivity (Wildman–Crippen MR) is 64.0 cm³/mol. The fourth-order valence-corrected chi connectivity index (χ4v) is 2.25. The zero-order valence-electron chi connectivity index (χ0n) is 9.37. The van der Waals surface area contributed by atoms with Gasteiger partial charge in [-0.25, -0.2) is 4.79 Å². The van der Waals surface area contributed by atoms with E-state index in [1.54, 1.807) is 0 Å². The van der Waals surface area contributed by atoms with Crippen molar-refractivity contribution in [2.24, 2.45) is 0 Å². The number of nitrogens with zero attached hydrogens (tertiary/aromatic N) is 1. The third-order valence-electron chi connectivity index (χ3n) is 2.91. The van der Waals surface area contributed by atoms with Gasteiger partial charge >= 0.3 is 5.97 Å². The van der Waals surface area contributed by atoms with Crippen LogP contribution in [0.15, 0.2) is 18.2 Å². The first-order valence-corrected chi connectivity index (χ1v) is 5.62. The molecule has 0 bridgehead atoms. The van der Waals surface area contributed by atoms with Crippen molar-refractivity contribution in [1.29, 1.82) is 0 Å². The lowest BCUT2D eigenvalue weighted by molar-refractivity contribution is -0.143. The van der Waals surface area contributed by atoms with Crippen LogP contribution in [0.5, 0.6) is 0 Å². The van der Waals surface area contributed by atoms with Gasteiger partial charge in [-0.05, 0) is 31.0 Å². The molecule has 0 amide bonds. The highest BCUT2D eigenvalue weighted by Crippen LogP contribution is 2.33. The van der Waals surface area contributed by atoms with E-state index in [0.29, 0.717) is 5.02 Å². The summed E-state index contributed by atoms with van der Waals surface area (Å²) in [7, 11) is 1.41. The van der Waals surface area contributed by atoms with Crippen LogP contribution in [0, 0.1) is 6.92 Å². The fraction of sp³-hybridized carbons (Fsp3) is 0.417. The van der Waals surface area contributed by atoms with Crippen molar-refractivity contribution in [3.63, 3.8) is 0 Å². The van der Waals surface area contributed by atoms with Gasteiger partial charge in [0.1, 0.15) is 6.04 Å². The Morgan fingerprint density at radius 3 is 2.81 bits per heavy atom. The number of hydrogen-bond donors (Lipinski definition) is 0. The van der Waals surface area contributed by atoms with Gasteiger partial charge in [0.05, 0.1) is 17.8 Å². The Morgan fingerprint density at radius 1 is 1.56 bits per heavy atom. The van der Waals surface area contributed by atoms with Crippen LogP contribution in [-0.2, 0) is 9.53 Å². The van der Waals surface area contributed by atoms with E-state index in [9.17, 15) is 4.79 Å². The molecule has 0 radical (unpaired) electrons. The van der Waals surface area contributed by atoms with Gasteiger partial charge < -0.3 is 9.64 Å². The summed E-state index contributed by atoms with van der Waals surface area (Å²) in [5, 5.41) is 0.689. The first-order chi connectivity index (χ1) is 7.63. The lowest BCUT2D eigenvalue weighted by Crippen LogP contribution is -2.53. The molecule has 1 atom stereocenters. The molecule has 0 spiro atoms. The maximum absolute atomic E-state index is 11.4. The van der Waals surface area contributed by atoms with Crippen molar-refractivity contribution in [2.45, 2.75) is 19.4 Å².